The zero-order valence-corrected chi connectivity index (χ0v) is 11.3. The highest BCUT2D eigenvalue weighted by atomic mass is 35.5. The summed E-state index contributed by atoms with van der Waals surface area (Å²) in [5, 5.41) is -0.940. The Morgan fingerprint density at radius 2 is 1.61 bits per heavy atom. The molecular weight excluding hydrogens is 281 g/mol. The van der Waals surface area contributed by atoms with Gasteiger partial charge in [0.25, 0.3) is 0 Å². The van der Waals surface area contributed by atoms with Crippen molar-refractivity contribution in [2.75, 3.05) is 0 Å². The first kappa shape index (κ1) is 13.4. The second-order valence-electron chi connectivity index (χ2n) is 4.05. The smallest absolute Gasteiger partial charge is 0.134 e. The van der Waals surface area contributed by atoms with Crippen LogP contribution < -0.4 is 0 Å². The lowest BCUT2D eigenvalue weighted by molar-refractivity contribution is 0.526. The van der Waals surface area contributed by atoms with Gasteiger partial charge in [0.2, 0.25) is 0 Å². The third kappa shape index (κ3) is 2.40. The third-order valence-electron chi connectivity index (χ3n) is 2.61. The minimum atomic E-state index is -0.960. The fraction of sp³-hybridized carbons (Fsp3) is 0.231. The molecule has 0 spiro atoms. The van der Waals surface area contributed by atoms with Crippen LogP contribution in [-0.4, -0.2) is 0 Å². The summed E-state index contributed by atoms with van der Waals surface area (Å²) in [6, 6.07) is 3.18. The van der Waals surface area contributed by atoms with Gasteiger partial charge in [-0.05, 0) is 25.5 Å². The van der Waals surface area contributed by atoms with Crippen LogP contribution in [0.1, 0.15) is 26.3 Å². The average molecular weight is 291 g/mol. The lowest BCUT2D eigenvalue weighted by atomic mass is 10.1. The molecule has 1 unspecified atom stereocenters. The van der Waals surface area contributed by atoms with Crippen molar-refractivity contribution in [1.82, 2.24) is 0 Å². The summed E-state index contributed by atoms with van der Waals surface area (Å²) < 4.78 is 40.1. The van der Waals surface area contributed by atoms with Crippen molar-refractivity contribution in [3.05, 3.63) is 56.5 Å². The number of alkyl halides is 1. The van der Waals surface area contributed by atoms with E-state index in [1.165, 1.54) is 11.3 Å². The van der Waals surface area contributed by atoms with Crippen LogP contribution >= 0.6 is 22.9 Å². The van der Waals surface area contributed by atoms with E-state index in [-0.39, 0.29) is 5.56 Å². The number of rotatable bonds is 2. The van der Waals surface area contributed by atoms with Gasteiger partial charge in [-0.25, -0.2) is 13.2 Å². The van der Waals surface area contributed by atoms with E-state index in [4.69, 9.17) is 11.6 Å². The van der Waals surface area contributed by atoms with Crippen molar-refractivity contribution in [1.29, 1.82) is 0 Å². The van der Waals surface area contributed by atoms with E-state index in [2.05, 4.69) is 0 Å². The van der Waals surface area contributed by atoms with Crippen molar-refractivity contribution in [3.8, 4) is 0 Å². The average Bonchev–Trinajstić information content (AvgIpc) is 2.56. The Balaban J connectivity index is 2.52. The van der Waals surface area contributed by atoms with E-state index in [0.717, 1.165) is 10.4 Å². The Labute approximate surface area is 112 Å². The summed E-state index contributed by atoms with van der Waals surface area (Å²) in [5.74, 6) is -2.87. The van der Waals surface area contributed by atoms with Crippen molar-refractivity contribution >= 4 is 22.9 Å². The summed E-state index contributed by atoms with van der Waals surface area (Å²) in [4.78, 5) is 1.69. The SMILES string of the molecule is Cc1cc(C)c(C(Cl)c2c(F)cc(F)cc2F)s1. The summed E-state index contributed by atoms with van der Waals surface area (Å²) in [7, 11) is 0. The number of hydrogen-bond acceptors (Lipinski definition) is 1. The molecule has 0 amide bonds. The zero-order valence-electron chi connectivity index (χ0n) is 9.73. The molecule has 1 aromatic carbocycles. The van der Waals surface area contributed by atoms with Gasteiger partial charge in [-0.2, -0.15) is 0 Å². The first-order chi connectivity index (χ1) is 8.40. The first-order valence-electron chi connectivity index (χ1n) is 5.25. The fourth-order valence-electron chi connectivity index (χ4n) is 1.84. The van der Waals surface area contributed by atoms with Crippen molar-refractivity contribution in [2.45, 2.75) is 19.2 Å². The van der Waals surface area contributed by atoms with E-state index < -0.39 is 22.8 Å². The molecule has 0 aliphatic carbocycles. The zero-order chi connectivity index (χ0) is 13.4. The van der Waals surface area contributed by atoms with E-state index in [0.29, 0.717) is 17.0 Å². The number of aryl methyl sites for hydroxylation is 2. The van der Waals surface area contributed by atoms with Gasteiger partial charge in [-0.15, -0.1) is 22.9 Å². The van der Waals surface area contributed by atoms with Crippen LogP contribution in [0, 0.1) is 31.3 Å². The summed E-state index contributed by atoms with van der Waals surface area (Å²) in [6.07, 6.45) is 0. The van der Waals surface area contributed by atoms with Crippen molar-refractivity contribution in [2.24, 2.45) is 0 Å². The first-order valence-corrected chi connectivity index (χ1v) is 6.51. The molecule has 1 atom stereocenters. The Bertz CT molecular complexity index is 569. The molecule has 2 aromatic rings. The second kappa shape index (κ2) is 4.94. The van der Waals surface area contributed by atoms with Crippen LogP contribution in [0.5, 0.6) is 0 Å². The van der Waals surface area contributed by atoms with E-state index >= 15 is 0 Å². The van der Waals surface area contributed by atoms with Crippen LogP contribution in [0.25, 0.3) is 0 Å². The Hall–Kier alpha value is -1.00. The van der Waals surface area contributed by atoms with E-state index in [1.54, 1.807) is 0 Å². The van der Waals surface area contributed by atoms with Gasteiger partial charge in [0.1, 0.15) is 17.5 Å². The Morgan fingerprint density at radius 3 is 2.06 bits per heavy atom. The van der Waals surface area contributed by atoms with Gasteiger partial charge in [-0.1, -0.05) is 0 Å². The quantitative estimate of drug-likeness (QED) is 0.674. The molecule has 0 N–H and O–H groups in total. The van der Waals surface area contributed by atoms with Crippen molar-refractivity contribution in [3.63, 3.8) is 0 Å². The van der Waals surface area contributed by atoms with Gasteiger partial charge in [0, 0.05) is 27.5 Å². The molecule has 0 aliphatic rings. The van der Waals surface area contributed by atoms with Crippen LogP contribution in [0.3, 0.4) is 0 Å². The summed E-state index contributed by atoms with van der Waals surface area (Å²) in [5.41, 5.74) is 0.573. The largest absolute Gasteiger partial charge is 0.207 e. The topological polar surface area (TPSA) is 0 Å². The van der Waals surface area contributed by atoms with Crippen LogP contribution in [0.15, 0.2) is 18.2 Å². The molecule has 0 saturated carbocycles. The maximum Gasteiger partial charge on any atom is 0.134 e. The summed E-state index contributed by atoms with van der Waals surface area (Å²) >= 11 is 7.50. The Kier molecular flexibility index (Phi) is 3.69. The standard InChI is InChI=1S/C13H10ClF3S/c1-6-3-7(2)18-13(6)12(14)11-9(16)4-8(15)5-10(11)17/h3-5,12H,1-2H3. The summed E-state index contributed by atoms with van der Waals surface area (Å²) in [6.45, 7) is 3.72. The van der Waals surface area contributed by atoms with Crippen LogP contribution in [0.4, 0.5) is 13.2 Å². The molecule has 0 saturated heterocycles. The molecule has 0 fully saturated rings. The maximum atomic E-state index is 13.6. The predicted octanol–water partition coefficient (Wildman–Crippen LogP) is 5.11. The number of hydrogen-bond donors (Lipinski definition) is 0. The van der Waals surface area contributed by atoms with Crippen molar-refractivity contribution < 1.29 is 13.2 Å². The highest BCUT2D eigenvalue weighted by Gasteiger charge is 2.23. The maximum absolute atomic E-state index is 13.6. The minimum Gasteiger partial charge on any atom is -0.207 e. The van der Waals surface area contributed by atoms with Gasteiger partial charge < -0.3 is 0 Å². The van der Waals surface area contributed by atoms with Crippen LogP contribution in [-0.2, 0) is 0 Å². The molecule has 1 heterocycles. The molecule has 18 heavy (non-hydrogen) atoms. The van der Waals surface area contributed by atoms with Gasteiger partial charge in [0.15, 0.2) is 0 Å². The van der Waals surface area contributed by atoms with Gasteiger partial charge >= 0.3 is 0 Å². The fourth-order valence-corrected chi connectivity index (χ4v) is 3.38. The third-order valence-corrected chi connectivity index (χ3v) is 4.39. The number of benzene rings is 1. The lowest BCUT2D eigenvalue weighted by Crippen LogP contribution is -2.01. The molecule has 0 aliphatic heterocycles. The van der Waals surface area contributed by atoms with E-state index in [9.17, 15) is 13.2 Å². The highest BCUT2D eigenvalue weighted by Crippen LogP contribution is 2.38. The molecule has 1 aromatic heterocycles. The lowest BCUT2D eigenvalue weighted by Gasteiger charge is -2.11. The second-order valence-corrected chi connectivity index (χ2v) is 5.77. The monoisotopic (exact) mass is 290 g/mol. The molecule has 0 bridgehead atoms. The number of thiophene rings is 1. The van der Waals surface area contributed by atoms with E-state index in [1.807, 2.05) is 19.9 Å². The molecule has 0 nitrogen and oxygen atoms in total. The van der Waals surface area contributed by atoms with Crippen LogP contribution in [0.2, 0.25) is 0 Å². The molecule has 2 rings (SSSR count). The molecular formula is C13H10ClF3S. The van der Waals surface area contributed by atoms with Gasteiger partial charge in [0.05, 0.1) is 5.38 Å². The predicted molar refractivity (Wildman–Crippen MR) is 67.8 cm³/mol. The molecule has 96 valence electrons. The minimum absolute atomic E-state index is 0.303. The normalized spacial score (nSPS) is 12.8. The molecule has 5 heteroatoms. The number of halogens is 4. The van der Waals surface area contributed by atoms with Gasteiger partial charge in [-0.3, -0.25) is 0 Å². The Morgan fingerprint density at radius 1 is 1.06 bits per heavy atom. The highest BCUT2D eigenvalue weighted by molar-refractivity contribution is 7.12. The molecule has 0 radical (unpaired) electrons.